The number of nitrogens with two attached hydrogens (primary N) is 1. The van der Waals surface area contributed by atoms with Crippen LogP contribution in [-0.2, 0) is 0 Å². The van der Waals surface area contributed by atoms with Crippen molar-refractivity contribution in [3.8, 4) is 0 Å². The zero-order valence-electron chi connectivity index (χ0n) is 10.2. The first-order valence-electron chi connectivity index (χ1n) is 5.57. The Bertz CT molecular complexity index is 576. The molecule has 0 aliphatic heterocycles. The highest BCUT2D eigenvalue weighted by atomic mass is 35.5. The summed E-state index contributed by atoms with van der Waals surface area (Å²) in [5.74, 6) is -0.289. The fraction of sp³-hybridized carbons (Fsp3) is 0.143. The number of nitrogens with one attached hydrogen (secondary N) is 1. The van der Waals surface area contributed by atoms with Crippen LogP contribution in [0.15, 0.2) is 30.3 Å². The molecule has 0 heterocycles. The van der Waals surface area contributed by atoms with Gasteiger partial charge in [-0.2, -0.15) is 0 Å². The molecule has 3 N–H and O–H groups in total. The van der Waals surface area contributed by atoms with E-state index in [-0.39, 0.29) is 5.82 Å². The molecule has 0 bridgehead atoms. The van der Waals surface area contributed by atoms with E-state index in [0.29, 0.717) is 16.4 Å². The SMILES string of the molecule is Cc1cc(N)c(Cl)cc1Nc1c(C)cccc1F. The maximum absolute atomic E-state index is 13.7. The second-order valence-corrected chi connectivity index (χ2v) is 4.65. The van der Waals surface area contributed by atoms with Crippen molar-refractivity contribution in [3.63, 3.8) is 0 Å². The van der Waals surface area contributed by atoms with Crippen LogP contribution < -0.4 is 11.1 Å². The van der Waals surface area contributed by atoms with Crippen molar-refractivity contribution in [1.29, 1.82) is 0 Å². The summed E-state index contributed by atoms with van der Waals surface area (Å²) < 4.78 is 13.7. The van der Waals surface area contributed by atoms with Gasteiger partial charge < -0.3 is 11.1 Å². The Hall–Kier alpha value is -1.74. The van der Waals surface area contributed by atoms with Crippen molar-refractivity contribution in [1.82, 2.24) is 0 Å². The van der Waals surface area contributed by atoms with Crippen LogP contribution in [-0.4, -0.2) is 0 Å². The van der Waals surface area contributed by atoms with Gasteiger partial charge >= 0.3 is 0 Å². The van der Waals surface area contributed by atoms with E-state index in [4.69, 9.17) is 17.3 Å². The van der Waals surface area contributed by atoms with Crippen LogP contribution in [0.4, 0.5) is 21.5 Å². The molecule has 0 saturated carbocycles. The molecule has 0 aromatic heterocycles. The number of hydrogen-bond donors (Lipinski definition) is 2. The number of aryl methyl sites for hydroxylation is 2. The fourth-order valence-corrected chi connectivity index (χ4v) is 1.93. The third-order valence-electron chi connectivity index (χ3n) is 2.83. The van der Waals surface area contributed by atoms with Crippen molar-refractivity contribution < 1.29 is 4.39 Å². The third kappa shape index (κ3) is 2.41. The molecule has 0 aliphatic rings. The molecule has 94 valence electrons. The first-order valence-corrected chi connectivity index (χ1v) is 5.94. The molecule has 2 aromatic carbocycles. The Balaban J connectivity index is 2.43. The lowest BCUT2D eigenvalue weighted by molar-refractivity contribution is 0.631. The molecular formula is C14H14ClFN2. The van der Waals surface area contributed by atoms with Crippen LogP contribution in [0.25, 0.3) is 0 Å². The summed E-state index contributed by atoms with van der Waals surface area (Å²) in [5.41, 5.74) is 9.19. The fourth-order valence-electron chi connectivity index (χ4n) is 1.76. The molecule has 0 saturated heterocycles. The Labute approximate surface area is 111 Å². The van der Waals surface area contributed by atoms with E-state index < -0.39 is 0 Å². The van der Waals surface area contributed by atoms with Gasteiger partial charge in [0.1, 0.15) is 5.82 Å². The number of hydrogen-bond acceptors (Lipinski definition) is 2. The molecule has 0 spiro atoms. The van der Waals surface area contributed by atoms with E-state index in [9.17, 15) is 4.39 Å². The van der Waals surface area contributed by atoms with Gasteiger partial charge in [0, 0.05) is 5.69 Å². The lowest BCUT2D eigenvalue weighted by Gasteiger charge is -2.14. The summed E-state index contributed by atoms with van der Waals surface area (Å²) in [7, 11) is 0. The van der Waals surface area contributed by atoms with Crippen LogP contribution in [0, 0.1) is 19.7 Å². The van der Waals surface area contributed by atoms with Crippen LogP contribution >= 0.6 is 11.6 Å². The molecule has 0 unspecified atom stereocenters. The molecule has 0 fully saturated rings. The molecule has 0 aliphatic carbocycles. The van der Waals surface area contributed by atoms with Crippen molar-refractivity contribution in [3.05, 3.63) is 52.3 Å². The van der Waals surface area contributed by atoms with E-state index in [1.54, 1.807) is 18.2 Å². The van der Waals surface area contributed by atoms with Crippen molar-refractivity contribution in [2.24, 2.45) is 0 Å². The lowest BCUT2D eigenvalue weighted by Crippen LogP contribution is -1.99. The predicted octanol–water partition coefficient (Wildman–Crippen LogP) is 4.42. The molecule has 2 aromatic rings. The Morgan fingerprint density at radius 3 is 2.56 bits per heavy atom. The van der Waals surface area contributed by atoms with Crippen LogP contribution in [0.1, 0.15) is 11.1 Å². The number of benzene rings is 2. The first kappa shape index (κ1) is 12.7. The maximum atomic E-state index is 13.7. The molecular weight excluding hydrogens is 251 g/mol. The lowest BCUT2D eigenvalue weighted by atomic mass is 10.1. The van der Waals surface area contributed by atoms with Crippen LogP contribution in [0.2, 0.25) is 5.02 Å². The van der Waals surface area contributed by atoms with Gasteiger partial charge in [-0.15, -0.1) is 0 Å². The summed E-state index contributed by atoms with van der Waals surface area (Å²) >= 11 is 5.97. The second-order valence-electron chi connectivity index (χ2n) is 4.25. The monoisotopic (exact) mass is 264 g/mol. The average molecular weight is 265 g/mol. The normalized spacial score (nSPS) is 10.4. The molecule has 0 atom stereocenters. The van der Waals surface area contributed by atoms with Gasteiger partial charge in [0.15, 0.2) is 0 Å². The number of para-hydroxylation sites is 1. The molecule has 0 amide bonds. The van der Waals surface area contributed by atoms with Crippen LogP contribution in [0.3, 0.4) is 0 Å². The van der Waals surface area contributed by atoms with Gasteiger partial charge in [-0.05, 0) is 43.2 Å². The van der Waals surface area contributed by atoms with Gasteiger partial charge in [-0.3, -0.25) is 0 Å². The predicted molar refractivity (Wildman–Crippen MR) is 75.0 cm³/mol. The van der Waals surface area contributed by atoms with E-state index in [2.05, 4.69) is 5.32 Å². The number of rotatable bonds is 2. The first-order chi connectivity index (χ1) is 8.49. The zero-order chi connectivity index (χ0) is 13.3. The minimum Gasteiger partial charge on any atom is -0.398 e. The summed E-state index contributed by atoms with van der Waals surface area (Å²) in [6, 6.07) is 8.42. The van der Waals surface area contributed by atoms with E-state index >= 15 is 0 Å². The van der Waals surface area contributed by atoms with Crippen molar-refractivity contribution in [2.45, 2.75) is 13.8 Å². The minimum absolute atomic E-state index is 0.289. The zero-order valence-corrected chi connectivity index (χ0v) is 11.0. The minimum atomic E-state index is -0.289. The third-order valence-corrected chi connectivity index (χ3v) is 3.15. The Morgan fingerprint density at radius 2 is 1.89 bits per heavy atom. The molecule has 2 rings (SSSR count). The molecule has 0 radical (unpaired) electrons. The Morgan fingerprint density at radius 1 is 1.17 bits per heavy atom. The van der Waals surface area contributed by atoms with E-state index in [0.717, 1.165) is 16.8 Å². The summed E-state index contributed by atoms with van der Waals surface area (Å²) in [6.07, 6.45) is 0. The van der Waals surface area contributed by atoms with Gasteiger partial charge in [0.2, 0.25) is 0 Å². The second kappa shape index (κ2) is 4.86. The van der Waals surface area contributed by atoms with Gasteiger partial charge in [-0.25, -0.2) is 4.39 Å². The smallest absolute Gasteiger partial charge is 0.146 e. The number of halogens is 2. The van der Waals surface area contributed by atoms with Crippen molar-refractivity contribution >= 4 is 28.7 Å². The quantitative estimate of drug-likeness (QED) is 0.788. The number of anilines is 3. The molecule has 4 heteroatoms. The highest BCUT2D eigenvalue weighted by molar-refractivity contribution is 6.33. The average Bonchev–Trinajstić information content (AvgIpc) is 2.30. The van der Waals surface area contributed by atoms with Gasteiger partial charge in [0.25, 0.3) is 0 Å². The largest absolute Gasteiger partial charge is 0.398 e. The molecule has 18 heavy (non-hydrogen) atoms. The highest BCUT2D eigenvalue weighted by Gasteiger charge is 2.08. The summed E-state index contributed by atoms with van der Waals surface area (Å²) in [6.45, 7) is 3.74. The highest BCUT2D eigenvalue weighted by Crippen LogP contribution is 2.30. The Kier molecular flexibility index (Phi) is 3.43. The van der Waals surface area contributed by atoms with Crippen LogP contribution in [0.5, 0.6) is 0 Å². The topological polar surface area (TPSA) is 38.0 Å². The van der Waals surface area contributed by atoms with Gasteiger partial charge in [-0.1, -0.05) is 23.7 Å². The number of nitrogen functional groups attached to an aromatic ring is 1. The standard InChI is InChI=1S/C14H14ClFN2/c1-8-4-3-5-11(16)14(8)18-13-7-10(15)12(17)6-9(13)2/h3-7,18H,17H2,1-2H3. The summed E-state index contributed by atoms with van der Waals surface area (Å²) in [5, 5.41) is 3.52. The van der Waals surface area contributed by atoms with E-state index in [1.165, 1.54) is 6.07 Å². The van der Waals surface area contributed by atoms with Crippen molar-refractivity contribution in [2.75, 3.05) is 11.1 Å². The van der Waals surface area contributed by atoms with Gasteiger partial charge in [0.05, 0.1) is 16.4 Å². The maximum Gasteiger partial charge on any atom is 0.146 e. The molecule has 2 nitrogen and oxygen atoms in total. The summed E-state index contributed by atoms with van der Waals surface area (Å²) in [4.78, 5) is 0. The van der Waals surface area contributed by atoms with E-state index in [1.807, 2.05) is 19.9 Å².